The van der Waals surface area contributed by atoms with Gasteiger partial charge in [0.25, 0.3) is 0 Å². The summed E-state index contributed by atoms with van der Waals surface area (Å²) < 4.78 is 5.35. The SMILES string of the molecule is CC1CC(C)CN(c2nc(NCCCN3CCOCC3)nc(N)c2[N+](=O)[O-])C1. The van der Waals surface area contributed by atoms with Gasteiger partial charge in [0.15, 0.2) is 0 Å². The maximum atomic E-state index is 11.6. The Morgan fingerprint density at radius 2 is 1.93 bits per heavy atom. The lowest BCUT2D eigenvalue weighted by atomic mass is 9.92. The van der Waals surface area contributed by atoms with Gasteiger partial charge in [-0.2, -0.15) is 9.97 Å². The van der Waals surface area contributed by atoms with Gasteiger partial charge in [0.1, 0.15) is 0 Å². The Morgan fingerprint density at radius 3 is 2.57 bits per heavy atom. The van der Waals surface area contributed by atoms with Crippen LogP contribution in [0.25, 0.3) is 0 Å². The molecule has 3 heterocycles. The lowest BCUT2D eigenvalue weighted by Gasteiger charge is -2.35. The molecule has 1 aromatic rings. The highest BCUT2D eigenvalue weighted by molar-refractivity contribution is 5.71. The van der Waals surface area contributed by atoms with Crippen LogP contribution in [-0.2, 0) is 4.74 Å². The van der Waals surface area contributed by atoms with Crippen molar-refractivity contribution in [2.24, 2.45) is 11.8 Å². The second kappa shape index (κ2) is 9.33. The molecule has 0 saturated carbocycles. The first-order valence-corrected chi connectivity index (χ1v) is 10.0. The molecule has 0 aromatic carbocycles. The number of hydrogen-bond donors (Lipinski definition) is 2. The second-order valence-corrected chi connectivity index (χ2v) is 7.95. The molecule has 2 aliphatic rings. The van der Waals surface area contributed by atoms with Crippen molar-refractivity contribution in [2.75, 3.05) is 68.4 Å². The van der Waals surface area contributed by atoms with Gasteiger partial charge in [-0.1, -0.05) is 13.8 Å². The standard InChI is InChI=1S/C18H31N7O3/c1-13-10-14(2)12-24(11-13)17-15(25(26)27)16(19)21-18(22-17)20-4-3-5-23-6-8-28-9-7-23/h13-14H,3-12H2,1-2H3,(H3,19,20,21,22). The van der Waals surface area contributed by atoms with Gasteiger partial charge in [-0.3, -0.25) is 15.0 Å². The first-order chi connectivity index (χ1) is 13.4. The monoisotopic (exact) mass is 393 g/mol. The third-order valence-electron chi connectivity index (χ3n) is 5.28. The van der Waals surface area contributed by atoms with Crippen LogP contribution in [0.3, 0.4) is 0 Å². The minimum absolute atomic E-state index is 0.0865. The van der Waals surface area contributed by atoms with E-state index in [2.05, 4.69) is 34.0 Å². The highest BCUT2D eigenvalue weighted by atomic mass is 16.6. The van der Waals surface area contributed by atoms with Crippen LogP contribution >= 0.6 is 0 Å². The molecular weight excluding hydrogens is 362 g/mol. The van der Waals surface area contributed by atoms with Crippen molar-refractivity contribution in [1.29, 1.82) is 0 Å². The molecule has 2 atom stereocenters. The predicted molar refractivity (Wildman–Crippen MR) is 109 cm³/mol. The molecule has 28 heavy (non-hydrogen) atoms. The van der Waals surface area contributed by atoms with E-state index in [0.717, 1.165) is 58.8 Å². The molecule has 10 nitrogen and oxygen atoms in total. The van der Waals surface area contributed by atoms with Crippen LogP contribution in [0.15, 0.2) is 0 Å². The maximum Gasteiger partial charge on any atom is 0.353 e. The number of rotatable bonds is 7. The van der Waals surface area contributed by atoms with Gasteiger partial charge in [0.2, 0.25) is 17.6 Å². The minimum Gasteiger partial charge on any atom is -0.379 e. The summed E-state index contributed by atoms with van der Waals surface area (Å²) >= 11 is 0. The van der Waals surface area contributed by atoms with E-state index in [1.54, 1.807) is 0 Å². The van der Waals surface area contributed by atoms with Gasteiger partial charge in [-0.15, -0.1) is 0 Å². The molecule has 2 unspecified atom stereocenters. The number of nitrogen functional groups attached to an aromatic ring is 1. The summed E-state index contributed by atoms with van der Waals surface area (Å²) in [7, 11) is 0. The molecule has 0 spiro atoms. The summed E-state index contributed by atoms with van der Waals surface area (Å²) in [5, 5.41) is 14.8. The maximum absolute atomic E-state index is 11.6. The number of hydrogen-bond acceptors (Lipinski definition) is 9. The zero-order chi connectivity index (χ0) is 20.1. The Labute approximate surface area is 165 Å². The van der Waals surface area contributed by atoms with Crippen molar-refractivity contribution in [3.05, 3.63) is 10.1 Å². The Bertz CT molecular complexity index is 671. The highest BCUT2D eigenvalue weighted by Gasteiger charge is 2.31. The van der Waals surface area contributed by atoms with E-state index < -0.39 is 4.92 Å². The smallest absolute Gasteiger partial charge is 0.353 e. The fourth-order valence-electron chi connectivity index (χ4n) is 4.10. The third-order valence-corrected chi connectivity index (χ3v) is 5.28. The predicted octanol–water partition coefficient (Wildman–Crippen LogP) is 1.58. The van der Waals surface area contributed by atoms with Crippen LogP contribution in [-0.4, -0.2) is 72.3 Å². The molecule has 3 rings (SSSR count). The van der Waals surface area contributed by atoms with E-state index in [0.29, 0.717) is 30.1 Å². The van der Waals surface area contributed by atoms with Crippen molar-refractivity contribution in [3.8, 4) is 0 Å². The Balaban J connectivity index is 1.68. The number of nitrogens with zero attached hydrogens (tertiary/aromatic N) is 5. The van der Waals surface area contributed by atoms with Crippen molar-refractivity contribution < 1.29 is 9.66 Å². The van der Waals surface area contributed by atoms with Crippen LogP contribution in [0.5, 0.6) is 0 Å². The minimum atomic E-state index is -0.475. The lowest BCUT2D eigenvalue weighted by molar-refractivity contribution is -0.383. The number of piperidine rings is 1. The first-order valence-electron chi connectivity index (χ1n) is 10.0. The number of aromatic nitrogens is 2. The molecular formula is C18H31N7O3. The molecule has 0 radical (unpaired) electrons. The molecule has 3 N–H and O–H groups in total. The topological polar surface area (TPSA) is 123 Å². The Hall–Kier alpha value is -2.20. The number of nitrogens with two attached hydrogens (primary N) is 1. The van der Waals surface area contributed by atoms with E-state index in [4.69, 9.17) is 10.5 Å². The normalized spacial score (nSPS) is 23.6. The molecule has 1 aromatic heterocycles. The van der Waals surface area contributed by atoms with Gasteiger partial charge < -0.3 is 20.7 Å². The van der Waals surface area contributed by atoms with Gasteiger partial charge in [0.05, 0.1) is 18.1 Å². The van der Waals surface area contributed by atoms with Gasteiger partial charge in [-0.25, -0.2) is 0 Å². The van der Waals surface area contributed by atoms with Crippen molar-refractivity contribution in [2.45, 2.75) is 26.7 Å². The molecule has 2 fully saturated rings. The van der Waals surface area contributed by atoms with Gasteiger partial charge >= 0.3 is 5.69 Å². The van der Waals surface area contributed by atoms with Crippen LogP contribution in [0.1, 0.15) is 26.7 Å². The lowest BCUT2D eigenvalue weighted by Crippen LogP contribution is -2.39. The fourth-order valence-corrected chi connectivity index (χ4v) is 4.10. The zero-order valence-corrected chi connectivity index (χ0v) is 16.8. The molecule has 0 aliphatic carbocycles. The average molecular weight is 393 g/mol. The molecule has 2 aliphatic heterocycles. The van der Waals surface area contributed by atoms with Gasteiger partial charge in [0, 0.05) is 32.7 Å². The summed E-state index contributed by atoms with van der Waals surface area (Å²) in [4.78, 5) is 24.0. The quantitative estimate of drug-likeness (QED) is 0.404. The van der Waals surface area contributed by atoms with Crippen molar-refractivity contribution in [1.82, 2.24) is 14.9 Å². The first kappa shape index (κ1) is 20.5. The van der Waals surface area contributed by atoms with E-state index >= 15 is 0 Å². The zero-order valence-electron chi connectivity index (χ0n) is 16.8. The van der Waals surface area contributed by atoms with Crippen molar-refractivity contribution >= 4 is 23.3 Å². The summed E-state index contributed by atoms with van der Waals surface area (Å²) in [5.41, 5.74) is 5.74. The molecule has 10 heteroatoms. The number of nitrogens with one attached hydrogen (secondary N) is 1. The van der Waals surface area contributed by atoms with E-state index in [1.807, 2.05) is 4.90 Å². The number of anilines is 3. The van der Waals surface area contributed by atoms with E-state index in [1.165, 1.54) is 0 Å². The largest absolute Gasteiger partial charge is 0.379 e. The Kier molecular flexibility index (Phi) is 6.84. The average Bonchev–Trinajstić information content (AvgIpc) is 2.64. The number of nitro groups is 1. The summed E-state index contributed by atoms with van der Waals surface area (Å²) in [6, 6.07) is 0. The third kappa shape index (κ3) is 5.20. The van der Waals surface area contributed by atoms with Crippen LogP contribution < -0.4 is 16.0 Å². The Morgan fingerprint density at radius 1 is 1.25 bits per heavy atom. The highest BCUT2D eigenvalue weighted by Crippen LogP contribution is 2.35. The van der Waals surface area contributed by atoms with E-state index in [-0.39, 0.29) is 11.5 Å². The van der Waals surface area contributed by atoms with Crippen LogP contribution in [0.4, 0.5) is 23.3 Å². The number of ether oxygens (including phenoxy) is 1. The fraction of sp³-hybridized carbons (Fsp3) is 0.778. The second-order valence-electron chi connectivity index (χ2n) is 7.95. The molecule has 0 amide bonds. The van der Waals surface area contributed by atoms with Crippen LogP contribution in [0, 0.1) is 22.0 Å². The van der Waals surface area contributed by atoms with Crippen molar-refractivity contribution in [3.63, 3.8) is 0 Å². The molecule has 156 valence electrons. The van der Waals surface area contributed by atoms with E-state index in [9.17, 15) is 10.1 Å². The summed E-state index contributed by atoms with van der Waals surface area (Å²) in [5.74, 6) is 1.49. The van der Waals surface area contributed by atoms with Gasteiger partial charge in [-0.05, 0) is 31.2 Å². The summed E-state index contributed by atoms with van der Waals surface area (Å²) in [6.07, 6.45) is 2.03. The summed E-state index contributed by atoms with van der Waals surface area (Å²) in [6.45, 7) is 10.9. The van der Waals surface area contributed by atoms with Crippen LogP contribution in [0.2, 0.25) is 0 Å². The molecule has 2 saturated heterocycles. The molecule has 0 bridgehead atoms. The number of morpholine rings is 1.